The number of pyridine rings is 1. The Hall–Kier alpha value is -1.27. The molecule has 1 aromatic heterocycles. The Balaban J connectivity index is 2.00. The second kappa shape index (κ2) is 5.37. The molecule has 1 aromatic rings. The maximum absolute atomic E-state index is 11.1. The normalized spacial score (nSPS) is 19.4. The van der Waals surface area contributed by atoms with Gasteiger partial charge in [-0.3, -0.25) is 4.79 Å². The van der Waals surface area contributed by atoms with E-state index in [-0.39, 0.29) is 6.10 Å². The number of anilines is 1. The van der Waals surface area contributed by atoms with Gasteiger partial charge >= 0.3 is 0 Å². The van der Waals surface area contributed by atoms with E-state index in [9.17, 15) is 4.79 Å². The Kier molecular flexibility index (Phi) is 3.86. The molecule has 1 atom stereocenters. The fourth-order valence-electron chi connectivity index (χ4n) is 1.69. The number of ether oxygens (including phenoxy) is 1. The summed E-state index contributed by atoms with van der Waals surface area (Å²) in [7, 11) is 0. The fraction of sp³-hybridized carbons (Fsp3) is 0.455. The molecule has 17 heavy (non-hydrogen) atoms. The minimum atomic E-state index is -0.524. The molecule has 1 saturated heterocycles. The minimum Gasteiger partial charge on any atom is -0.397 e. The fourth-order valence-corrected chi connectivity index (χ4v) is 2.64. The Morgan fingerprint density at radius 1 is 1.65 bits per heavy atom. The van der Waals surface area contributed by atoms with Gasteiger partial charge in [0, 0.05) is 12.4 Å². The number of carbonyl (C=O) groups excluding carboxylic acids is 1. The topological polar surface area (TPSA) is 91.2 Å². The van der Waals surface area contributed by atoms with Crippen LogP contribution in [0.25, 0.3) is 0 Å². The van der Waals surface area contributed by atoms with Gasteiger partial charge < -0.3 is 16.2 Å². The number of aromatic nitrogens is 1. The first kappa shape index (κ1) is 12.2. The van der Waals surface area contributed by atoms with Crippen LogP contribution in [0.15, 0.2) is 17.3 Å². The van der Waals surface area contributed by atoms with Gasteiger partial charge in [0.1, 0.15) is 0 Å². The highest BCUT2D eigenvalue weighted by Gasteiger charge is 2.16. The van der Waals surface area contributed by atoms with Crippen LogP contribution in [-0.2, 0) is 4.74 Å². The molecule has 4 N–H and O–H groups in total. The summed E-state index contributed by atoms with van der Waals surface area (Å²) in [5, 5.41) is 0.753. The number of nitrogen functional groups attached to an aromatic ring is 1. The average Bonchev–Trinajstić information content (AvgIpc) is 2.80. The number of hydrogen-bond donors (Lipinski definition) is 2. The van der Waals surface area contributed by atoms with Crippen molar-refractivity contribution < 1.29 is 9.53 Å². The second-order valence-corrected chi connectivity index (χ2v) is 4.96. The third kappa shape index (κ3) is 3.10. The van der Waals surface area contributed by atoms with Crippen molar-refractivity contribution in [2.24, 2.45) is 5.73 Å². The number of thioether (sulfide) groups is 1. The van der Waals surface area contributed by atoms with Gasteiger partial charge in [-0.25, -0.2) is 4.98 Å². The molecule has 0 aliphatic carbocycles. The summed E-state index contributed by atoms with van der Waals surface area (Å²) >= 11 is 1.56. The van der Waals surface area contributed by atoms with Crippen molar-refractivity contribution in [3.8, 4) is 0 Å². The number of carbonyl (C=O) groups is 1. The van der Waals surface area contributed by atoms with Crippen molar-refractivity contribution in [1.29, 1.82) is 0 Å². The van der Waals surface area contributed by atoms with Crippen LogP contribution < -0.4 is 11.5 Å². The molecule has 2 heterocycles. The first-order valence-corrected chi connectivity index (χ1v) is 6.45. The molecule has 0 bridgehead atoms. The predicted octanol–water partition coefficient (Wildman–Crippen LogP) is 1.03. The van der Waals surface area contributed by atoms with E-state index in [1.54, 1.807) is 17.8 Å². The van der Waals surface area contributed by atoms with Crippen molar-refractivity contribution in [3.05, 3.63) is 17.8 Å². The van der Waals surface area contributed by atoms with E-state index in [0.717, 1.165) is 30.2 Å². The standard InChI is InChI=1S/C11H15N3O2S/c12-9-5-14-10(4-8(9)11(13)15)17-6-7-2-1-3-16-7/h4-5,7H,1-3,6,12H2,(H2,13,15). The van der Waals surface area contributed by atoms with Gasteiger partial charge in [0.25, 0.3) is 5.91 Å². The van der Waals surface area contributed by atoms with Gasteiger partial charge in [0.05, 0.1) is 28.6 Å². The van der Waals surface area contributed by atoms with Crippen LogP contribution in [0.4, 0.5) is 5.69 Å². The molecular weight excluding hydrogens is 238 g/mol. The lowest BCUT2D eigenvalue weighted by Gasteiger charge is -2.09. The maximum atomic E-state index is 11.1. The quantitative estimate of drug-likeness (QED) is 0.782. The summed E-state index contributed by atoms with van der Waals surface area (Å²) in [6.07, 6.45) is 3.96. The van der Waals surface area contributed by atoms with Crippen molar-refractivity contribution >= 4 is 23.4 Å². The highest BCUT2D eigenvalue weighted by Crippen LogP contribution is 2.24. The summed E-state index contributed by atoms with van der Waals surface area (Å²) in [6.45, 7) is 0.840. The van der Waals surface area contributed by atoms with E-state index in [4.69, 9.17) is 16.2 Å². The van der Waals surface area contributed by atoms with Crippen LogP contribution in [0.1, 0.15) is 23.2 Å². The van der Waals surface area contributed by atoms with E-state index < -0.39 is 5.91 Å². The summed E-state index contributed by atoms with van der Waals surface area (Å²) in [4.78, 5) is 15.3. The Bertz CT molecular complexity index is 419. The van der Waals surface area contributed by atoms with Crippen molar-refractivity contribution in [1.82, 2.24) is 4.98 Å². The van der Waals surface area contributed by atoms with Gasteiger partial charge in [-0.2, -0.15) is 0 Å². The van der Waals surface area contributed by atoms with E-state index in [0.29, 0.717) is 11.3 Å². The van der Waals surface area contributed by atoms with Gasteiger partial charge in [0.2, 0.25) is 0 Å². The second-order valence-electron chi connectivity index (χ2n) is 3.92. The zero-order chi connectivity index (χ0) is 12.3. The summed E-state index contributed by atoms with van der Waals surface area (Å²) < 4.78 is 5.51. The van der Waals surface area contributed by atoms with Crippen molar-refractivity contribution in [3.63, 3.8) is 0 Å². The molecule has 1 fully saturated rings. The Morgan fingerprint density at radius 3 is 3.12 bits per heavy atom. The van der Waals surface area contributed by atoms with E-state index in [1.807, 2.05) is 0 Å². The van der Waals surface area contributed by atoms with Gasteiger partial charge in [-0.1, -0.05) is 0 Å². The summed E-state index contributed by atoms with van der Waals surface area (Å²) in [5.41, 5.74) is 11.5. The molecule has 0 saturated carbocycles. The van der Waals surface area contributed by atoms with Gasteiger partial charge in [-0.15, -0.1) is 11.8 Å². The van der Waals surface area contributed by atoms with Crippen molar-refractivity contribution in [2.45, 2.75) is 24.0 Å². The highest BCUT2D eigenvalue weighted by molar-refractivity contribution is 7.99. The van der Waals surface area contributed by atoms with Gasteiger partial charge in [0.15, 0.2) is 0 Å². The third-order valence-corrected chi connectivity index (χ3v) is 3.67. The van der Waals surface area contributed by atoms with Gasteiger partial charge in [-0.05, 0) is 18.9 Å². The number of hydrogen-bond acceptors (Lipinski definition) is 5. The molecule has 1 amide bonds. The molecule has 92 valence electrons. The number of rotatable bonds is 4. The van der Waals surface area contributed by atoms with Crippen LogP contribution in [0.5, 0.6) is 0 Å². The Labute approximate surface area is 104 Å². The molecule has 6 heteroatoms. The minimum absolute atomic E-state index is 0.288. The molecule has 5 nitrogen and oxygen atoms in total. The first-order chi connectivity index (χ1) is 8.16. The first-order valence-electron chi connectivity index (χ1n) is 5.46. The SMILES string of the molecule is NC(=O)c1cc(SCC2CCCO2)ncc1N. The third-order valence-electron chi connectivity index (χ3n) is 2.62. The lowest BCUT2D eigenvalue weighted by atomic mass is 10.2. The number of nitrogens with two attached hydrogens (primary N) is 2. The molecule has 1 unspecified atom stereocenters. The number of amides is 1. The van der Waals surface area contributed by atoms with Crippen molar-refractivity contribution in [2.75, 3.05) is 18.1 Å². The molecular formula is C11H15N3O2S. The number of primary amides is 1. The lowest BCUT2D eigenvalue weighted by molar-refractivity contribution is 0.100. The monoisotopic (exact) mass is 253 g/mol. The predicted molar refractivity (Wildman–Crippen MR) is 66.9 cm³/mol. The number of nitrogens with zero attached hydrogens (tertiary/aromatic N) is 1. The van der Waals surface area contributed by atoms with Crippen LogP contribution in [0, 0.1) is 0 Å². The van der Waals surface area contributed by atoms with E-state index >= 15 is 0 Å². The van der Waals surface area contributed by atoms with Crippen LogP contribution in [0.2, 0.25) is 0 Å². The average molecular weight is 253 g/mol. The lowest BCUT2D eigenvalue weighted by Crippen LogP contribution is -2.14. The van der Waals surface area contributed by atoms with Crippen LogP contribution in [-0.4, -0.2) is 29.4 Å². The Morgan fingerprint density at radius 2 is 2.47 bits per heavy atom. The molecule has 0 spiro atoms. The summed E-state index contributed by atoms with van der Waals surface area (Å²) in [6, 6.07) is 1.64. The molecule has 1 aliphatic rings. The van der Waals surface area contributed by atoms with Crippen LogP contribution in [0.3, 0.4) is 0 Å². The smallest absolute Gasteiger partial charge is 0.250 e. The largest absolute Gasteiger partial charge is 0.397 e. The maximum Gasteiger partial charge on any atom is 0.250 e. The molecule has 1 aliphatic heterocycles. The molecule has 2 rings (SSSR count). The zero-order valence-corrected chi connectivity index (χ0v) is 10.2. The summed E-state index contributed by atoms with van der Waals surface area (Å²) in [5.74, 6) is 0.318. The molecule has 0 radical (unpaired) electrons. The molecule has 0 aromatic carbocycles. The van der Waals surface area contributed by atoms with E-state index in [1.165, 1.54) is 6.20 Å². The van der Waals surface area contributed by atoms with E-state index in [2.05, 4.69) is 4.98 Å². The highest BCUT2D eigenvalue weighted by atomic mass is 32.2. The van der Waals surface area contributed by atoms with Crippen LogP contribution >= 0.6 is 11.8 Å². The zero-order valence-electron chi connectivity index (χ0n) is 9.39.